The van der Waals surface area contributed by atoms with E-state index in [0.29, 0.717) is 25.1 Å². The Morgan fingerprint density at radius 2 is 1.34 bits per heavy atom. The van der Waals surface area contributed by atoms with E-state index in [4.69, 9.17) is 17.2 Å². The topological polar surface area (TPSA) is 141 Å². The summed E-state index contributed by atoms with van der Waals surface area (Å²) in [6.07, 6.45) is 17.1. The van der Waals surface area contributed by atoms with Crippen LogP contribution in [-0.2, 0) is 4.79 Å². The molecule has 7 heteroatoms. The van der Waals surface area contributed by atoms with Gasteiger partial charge in [-0.25, -0.2) is 0 Å². The van der Waals surface area contributed by atoms with Crippen molar-refractivity contribution in [1.29, 1.82) is 0 Å². The molecule has 35 heavy (non-hydrogen) atoms. The average Bonchev–Trinajstić information content (AvgIpc) is 2.84. The molecule has 7 N–H and O–H groups in total. The second kappa shape index (κ2) is 18.9. The van der Waals surface area contributed by atoms with Crippen LogP contribution in [0, 0.1) is 0 Å². The maximum atomic E-state index is 13.1. The normalized spacial score (nSPS) is 11.8. The highest BCUT2D eigenvalue weighted by atomic mass is 16.2. The highest BCUT2D eigenvalue weighted by Gasteiger charge is 2.25. The van der Waals surface area contributed by atoms with Crippen LogP contribution in [0.25, 0.3) is 0 Å². The summed E-state index contributed by atoms with van der Waals surface area (Å²) in [6.45, 7) is 3.36. The fourth-order valence-corrected chi connectivity index (χ4v) is 4.45. The van der Waals surface area contributed by atoms with Gasteiger partial charge in [0, 0.05) is 17.7 Å². The van der Waals surface area contributed by atoms with Crippen LogP contribution in [-0.4, -0.2) is 30.8 Å². The number of hydrogen-bond donors (Lipinski definition) is 4. The van der Waals surface area contributed by atoms with E-state index in [1.807, 2.05) is 0 Å². The molecule has 1 aromatic carbocycles. The minimum Gasteiger partial charge on any atom is -0.366 e. The zero-order chi connectivity index (χ0) is 25.9. The Balaban J connectivity index is 2.50. The summed E-state index contributed by atoms with van der Waals surface area (Å²) < 4.78 is 0. The van der Waals surface area contributed by atoms with Crippen molar-refractivity contribution >= 4 is 17.7 Å². The predicted molar refractivity (Wildman–Crippen MR) is 143 cm³/mol. The second-order valence-corrected chi connectivity index (χ2v) is 9.55. The van der Waals surface area contributed by atoms with Gasteiger partial charge in [0.15, 0.2) is 0 Å². The number of unbranched alkanes of at least 4 members (excludes halogenated alkanes) is 12. The largest absolute Gasteiger partial charge is 0.366 e. The van der Waals surface area contributed by atoms with Gasteiger partial charge in [0.2, 0.25) is 17.7 Å². The fourth-order valence-electron chi connectivity index (χ4n) is 4.45. The molecule has 0 aliphatic heterocycles. The Labute approximate surface area is 212 Å². The first-order chi connectivity index (χ1) is 16.9. The van der Waals surface area contributed by atoms with Gasteiger partial charge in [-0.05, 0) is 49.6 Å². The maximum Gasteiger partial charge on any atom is 0.249 e. The van der Waals surface area contributed by atoms with Crippen LogP contribution in [0.5, 0.6) is 0 Å². The van der Waals surface area contributed by atoms with Crippen molar-refractivity contribution in [1.82, 2.24) is 5.32 Å². The van der Waals surface area contributed by atoms with E-state index in [-0.39, 0.29) is 17.0 Å². The third kappa shape index (κ3) is 12.7. The van der Waals surface area contributed by atoms with Gasteiger partial charge in [0.05, 0.1) is 5.92 Å². The number of primary amides is 2. The van der Waals surface area contributed by atoms with E-state index >= 15 is 0 Å². The predicted octanol–water partition coefficient (Wildman–Crippen LogP) is 4.91. The first kappa shape index (κ1) is 30.6. The Bertz CT molecular complexity index is 767. The Morgan fingerprint density at radius 1 is 0.771 bits per heavy atom. The van der Waals surface area contributed by atoms with Gasteiger partial charge in [-0.3, -0.25) is 14.4 Å². The molecule has 0 unspecified atom stereocenters. The molecule has 1 rings (SSSR count). The number of hydrogen-bond acceptors (Lipinski definition) is 4. The summed E-state index contributed by atoms with van der Waals surface area (Å²) in [4.78, 5) is 36.8. The first-order valence-electron chi connectivity index (χ1n) is 13.6. The number of nitrogens with two attached hydrogens (primary N) is 3. The molecule has 0 aliphatic carbocycles. The number of rotatable bonds is 21. The van der Waals surface area contributed by atoms with E-state index in [2.05, 4.69) is 12.2 Å². The Morgan fingerprint density at radius 3 is 1.86 bits per heavy atom. The summed E-state index contributed by atoms with van der Waals surface area (Å²) in [6, 6.07) is 4.47. The van der Waals surface area contributed by atoms with Crippen LogP contribution in [0.2, 0.25) is 0 Å². The summed E-state index contributed by atoms with van der Waals surface area (Å²) in [7, 11) is 0. The average molecular weight is 489 g/mol. The highest BCUT2D eigenvalue weighted by molar-refractivity contribution is 6.00. The highest BCUT2D eigenvalue weighted by Crippen LogP contribution is 2.27. The van der Waals surface area contributed by atoms with Crippen LogP contribution in [0.3, 0.4) is 0 Å². The molecule has 0 radical (unpaired) electrons. The van der Waals surface area contributed by atoms with Crippen LogP contribution in [0.15, 0.2) is 18.2 Å². The fraction of sp³-hybridized carbons (Fsp3) is 0.679. The van der Waals surface area contributed by atoms with Gasteiger partial charge >= 0.3 is 0 Å². The smallest absolute Gasteiger partial charge is 0.249 e. The van der Waals surface area contributed by atoms with Crippen LogP contribution in [0.4, 0.5) is 0 Å². The van der Waals surface area contributed by atoms with Crippen molar-refractivity contribution in [3.05, 3.63) is 34.9 Å². The van der Waals surface area contributed by atoms with Gasteiger partial charge in [-0.1, -0.05) is 84.0 Å². The molecule has 0 bridgehead atoms. The molecular weight excluding hydrogens is 440 g/mol. The number of amides is 3. The third-order valence-electron chi connectivity index (χ3n) is 6.57. The standard InChI is InChI=1S/C28H48N4O3/c1-2-3-4-5-6-7-8-9-10-11-12-15-20-32-28(35)24(16-13-14-19-29)25-21-22(26(30)33)17-18-23(25)27(31)34/h17-18,21,24H,2-16,19-20,29H2,1H3,(H2,30,33)(H2,31,34)(H,32,35)/t24-/m0/s1. The number of benzene rings is 1. The van der Waals surface area contributed by atoms with E-state index in [9.17, 15) is 14.4 Å². The van der Waals surface area contributed by atoms with Gasteiger partial charge in [0.1, 0.15) is 0 Å². The summed E-state index contributed by atoms with van der Waals surface area (Å²) in [5.41, 5.74) is 17.6. The number of carbonyl (C=O) groups is 3. The van der Waals surface area contributed by atoms with Crippen molar-refractivity contribution in [3.63, 3.8) is 0 Å². The molecule has 1 aromatic rings. The molecule has 0 fully saturated rings. The molecule has 7 nitrogen and oxygen atoms in total. The molecule has 3 amide bonds. The molecule has 0 aromatic heterocycles. The molecule has 1 atom stereocenters. The minimum atomic E-state index is -0.631. The van der Waals surface area contributed by atoms with Gasteiger partial charge < -0.3 is 22.5 Å². The molecular formula is C28H48N4O3. The summed E-state index contributed by atoms with van der Waals surface area (Å²) in [5.74, 6) is -1.98. The van der Waals surface area contributed by atoms with Crippen LogP contribution in [0.1, 0.15) is 135 Å². The third-order valence-corrected chi connectivity index (χ3v) is 6.57. The molecule has 0 heterocycles. The Hall–Kier alpha value is -2.41. The maximum absolute atomic E-state index is 13.1. The van der Waals surface area contributed by atoms with Gasteiger partial charge in [0.25, 0.3) is 0 Å². The Kier molecular flexibility index (Phi) is 16.5. The zero-order valence-electron chi connectivity index (χ0n) is 21.8. The molecule has 0 aliphatic rings. The van der Waals surface area contributed by atoms with Crippen molar-refractivity contribution < 1.29 is 14.4 Å². The lowest BCUT2D eigenvalue weighted by Crippen LogP contribution is -2.32. The van der Waals surface area contributed by atoms with E-state index < -0.39 is 17.7 Å². The van der Waals surface area contributed by atoms with Gasteiger partial charge in [-0.15, -0.1) is 0 Å². The van der Waals surface area contributed by atoms with E-state index in [1.165, 1.54) is 82.4 Å². The number of nitrogens with one attached hydrogen (secondary N) is 1. The van der Waals surface area contributed by atoms with E-state index in [1.54, 1.807) is 0 Å². The zero-order valence-corrected chi connectivity index (χ0v) is 21.8. The first-order valence-corrected chi connectivity index (χ1v) is 13.6. The SMILES string of the molecule is CCCCCCCCCCCCCCNC(=O)[C@@H](CCCCN)c1cc(C(N)=O)ccc1C(N)=O. The molecule has 0 spiro atoms. The summed E-state index contributed by atoms with van der Waals surface area (Å²) in [5, 5.41) is 3.02. The van der Waals surface area contributed by atoms with Crippen molar-refractivity contribution in [2.45, 2.75) is 109 Å². The van der Waals surface area contributed by atoms with Crippen LogP contribution >= 0.6 is 0 Å². The van der Waals surface area contributed by atoms with E-state index in [0.717, 1.165) is 25.7 Å². The summed E-state index contributed by atoms with van der Waals surface area (Å²) >= 11 is 0. The quantitative estimate of drug-likeness (QED) is 0.182. The van der Waals surface area contributed by atoms with Crippen molar-refractivity contribution in [2.75, 3.05) is 13.1 Å². The van der Waals surface area contributed by atoms with Gasteiger partial charge in [-0.2, -0.15) is 0 Å². The second-order valence-electron chi connectivity index (χ2n) is 9.55. The lowest BCUT2D eigenvalue weighted by Gasteiger charge is -2.20. The van der Waals surface area contributed by atoms with Crippen LogP contribution < -0.4 is 22.5 Å². The molecule has 0 saturated carbocycles. The minimum absolute atomic E-state index is 0.158. The lowest BCUT2D eigenvalue weighted by molar-refractivity contribution is -0.122. The van der Waals surface area contributed by atoms with Crippen molar-refractivity contribution in [3.8, 4) is 0 Å². The molecule has 198 valence electrons. The van der Waals surface area contributed by atoms with Crippen molar-refractivity contribution in [2.24, 2.45) is 17.2 Å². The number of carbonyl (C=O) groups excluding carboxylic acids is 3. The monoisotopic (exact) mass is 488 g/mol. The molecule has 0 saturated heterocycles. The lowest BCUT2D eigenvalue weighted by atomic mass is 9.87.